The van der Waals surface area contributed by atoms with E-state index in [1.54, 1.807) is 8.70 Å². The molecule has 1 rings (SSSR count). The van der Waals surface area contributed by atoms with Crippen molar-refractivity contribution in [3.05, 3.63) is 22.3 Å². The molecule has 0 aliphatic heterocycles. The molecule has 0 aliphatic carbocycles. The van der Waals surface area contributed by atoms with Gasteiger partial charge in [-0.2, -0.15) is 0 Å². The summed E-state index contributed by atoms with van der Waals surface area (Å²) >= 11 is 1.81. The monoisotopic (exact) mass is 814 g/mol. The number of rotatable bonds is 16. The zero-order valence-corrected chi connectivity index (χ0v) is 34.8. The van der Waals surface area contributed by atoms with Gasteiger partial charge in [0.15, 0.2) is 0 Å². The average molecular weight is 814 g/mol. The second kappa shape index (κ2) is 17.9. The molecular formula is C26H52As6. The van der Waals surface area contributed by atoms with Crippen LogP contribution in [0.5, 0.6) is 0 Å². The zero-order chi connectivity index (χ0) is 24.3. The van der Waals surface area contributed by atoms with E-state index in [4.69, 9.17) is 0 Å². The fourth-order valence-electron chi connectivity index (χ4n) is 4.48. The quantitative estimate of drug-likeness (QED) is 0.208. The molecule has 0 saturated carbocycles. The minimum atomic E-state index is -0.520. The molecule has 0 fully saturated rings. The van der Waals surface area contributed by atoms with Crippen molar-refractivity contribution >= 4 is 101 Å². The summed E-state index contributed by atoms with van der Waals surface area (Å²) < 4.78 is 3.53. The van der Waals surface area contributed by atoms with Crippen molar-refractivity contribution in [2.24, 2.45) is 0 Å². The average Bonchev–Trinajstić information content (AvgIpc) is 2.68. The summed E-state index contributed by atoms with van der Waals surface area (Å²) in [6, 6.07) is 0. The van der Waals surface area contributed by atoms with Crippen molar-refractivity contribution in [2.45, 2.75) is 118 Å². The molecule has 0 saturated heterocycles. The summed E-state index contributed by atoms with van der Waals surface area (Å²) in [6.07, 6.45) is 11.3. The molecule has 0 radical (unpaired) electrons. The van der Waals surface area contributed by atoms with Gasteiger partial charge in [-0.15, -0.1) is 0 Å². The molecule has 0 spiro atoms. The van der Waals surface area contributed by atoms with Crippen LogP contribution in [-0.2, 0) is 25.7 Å². The van der Waals surface area contributed by atoms with E-state index in [2.05, 4.69) is 45.7 Å². The van der Waals surface area contributed by atoms with Crippen LogP contribution in [0.15, 0.2) is 0 Å². The van der Waals surface area contributed by atoms with Crippen molar-refractivity contribution in [1.82, 2.24) is 0 Å². The van der Waals surface area contributed by atoms with E-state index in [0.717, 1.165) is 0 Å². The zero-order valence-electron chi connectivity index (χ0n) is 22.4. The molecule has 2 unspecified atom stereocenters. The molecule has 1 aromatic carbocycles. The van der Waals surface area contributed by atoms with Gasteiger partial charge in [0.2, 0.25) is 0 Å². The Morgan fingerprint density at radius 2 is 0.625 bits per heavy atom. The maximum atomic E-state index is 2.54. The molecule has 1 aromatic rings. The fraction of sp³-hybridized carbons (Fsp3) is 0.769. The Hall–Kier alpha value is 2.57. The predicted octanol–water partition coefficient (Wildman–Crippen LogP) is 4.95. The van der Waals surface area contributed by atoms with Crippen molar-refractivity contribution in [3.63, 3.8) is 0 Å². The van der Waals surface area contributed by atoms with Crippen molar-refractivity contribution in [1.29, 1.82) is 0 Å². The molecule has 6 heteroatoms. The van der Waals surface area contributed by atoms with Crippen LogP contribution in [0.1, 0.15) is 47.9 Å². The third-order valence-electron chi connectivity index (χ3n) is 6.16. The first-order chi connectivity index (χ1) is 15.0. The second-order valence-corrected chi connectivity index (χ2v) is 34.7. The molecule has 0 N–H and O–H groups in total. The Bertz CT molecular complexity index is 610. The van der Waals surface area contributed by atoms with Crippen LogP contribution in [0.3, 0.4) is 0 Å². The van der Waals surface area contributed by atoms with E-state index >= 15 is 0 Å². The van der Waals surface area contributed by atoms with Gasteiger partial charge in [-0.1, -0.05) is 0 Å². The van der Waals surface area contributed by atoms with Crippen LogP contribution in [0.25, 0.3) is 0 Å². The van der Waals surface area contributed by atoms with Gasteiger partial charge in [-0.05, 0) is 0 Å². The van der Waals surface area contributed by atoms with Crippen LogP contribution in [0.2, 0.25) is 66.5 Å². The number of benzene rings is 1. The van der Waals surface area contributed by atoms with Gasteiger partial charge >= 0.3 is 241 Å². The SMILES string of the molecule is C[As](C)CCCc1c([AsH2])c([AsH2])c(CCC[As](C)C)c(CCC[As](C)C)c1CCC[As](C)C. The van der Waals surface area contributed by atoms with Crippen molar-refractivity contribution < 1.29 is 0 Å². The number of hydrogen-bond acceptors (Lipinski definition) is 0. The van der Waals surface area contributed by atoms with Gasteiger partial charge < -0.3 is 0 Å². The topological polar surface area (TPSA) is 0 Å². The first kappa shape index (κ1) is 32.6. The molecular weight excluding hydrogens is 762 g/mol. The first-order valence-electron chi connectivity index (χ1n) is 12.3. The Balaban J connectivity index is 3.38. The Morgan fingerprint density at radius 1 is 0.406 bits per heavy atom. The van der Waals surface area contributed by atoms with E-state index in [0.29, 0.717) is 0 Å². The summed E-state index contributed by atoms with van der Waals surface area (Å²) in [7, 11) is 0. The second-order valence-electron chi connectivity index (χ2n) is 10.4. The Labute approximate surface area is 238 Å². The maximum absolute atomic E-state index is 2.54. The molecule has 186 valence electrons. The van der Waals surface area contributed by atoms with Crippen LogP contribution < -0.4 is 8.70 Å². The summed E-state index contributed by atoms with van der Waals surface area (Å²) in [5, 5.41) is 6.11. The van der Waals surface area contributed by atoms with E-state index in [9.17, 15) is 0 Å². The molecule has 0 bridgehead atoms. The van der Waals surface area contributed by atoms with Crippen LogP contribution in [0, 0.1) is 0 Å². The predicted molar refractivity (Wildman–Crippen MR) is 165 cm³/mol. The molecule has 0 aromatic heterocycles. The van der Waals surface area contributed by atoms with Crippen LogP contribution in [0.4, 0.5) is 0 Å². The van der Waals surface area contributed by atoms with E-state index in [-0.39, 0.29) is 0 Å². The molecule has 2 atom stereocenters. The minimum absolute atomic E-state index is 0.509. The summed E-state index contributed by atoms with van der Waals surface area (Å²) in [5.74, 6) is 0. The van der Waals surface area contributed by atoms with E-state index < -0.39 is 58.6 Å². The standard InChI is InChI=1S/C26H52As6/c1-29(2)17-9-13-21-22(14-10-18-30(3)4)24(16-12-20-32(7)8)26(28)25(27)23(21)15-11-19-31(5)6/h9-20,27-28H2,1-8H3. The van der Waals surface area contributed by atoms with Gasteiger partial charge in [-0.3, -0.25) is 0 Å². The molecule has 0 aliphatic rings. The van der Waals surface area contributed by atoms with E-state index in [1.807, 2.05) is 56.0 Å². The third kappa shape index (κ3) is 12.7. The summed E-state index contributed by atoms with van der Waals surface area (Å²) in [4.78, 5) is 0. The molecule has 0 nitrogen and oxygen atoms in total. The van der Waals surface area contributed by atoms with Gasteiger partial charge in [-0.25, -0.2) is 0 Å². The normalized spacial score (nSPS) is 12.2. The van der Waals surface area contributed by atoms with Crippen LogP contribution >= 0.6 is 0 Å². The summed E-state index contributed by atoms with van der Waals surface area (Å²) in [5.41, 5.74) is 27.7. The van der Waals surface area contributed by atoms with Gasteiger partial charge in [0.05, 0.1) is 0 Å². The van der Waals surface area contributed by atoms with Crippen LogP contribution in [-0.4, -0.2) is 92.3 Å². The summed E-state index contributed by atoms with van der Waals surface area (Å²) in [6.45, 7) is 0. The molecule has 0 amide bonds. The van der Waals surface area contributed by atoms with Gasteiger partial charge in [0.1, 0.15) is 0 Å². The molecule has 32 heavy (non-hydrogen) atoms. The van der Waals surface area contributed by atoms with E-state index in [1.165, 1.54) is 72.2 Å². The van der Waals surface area contributed by atoms with Gasteiger partial charge in [0.25, 0.3) is 0 Å². The Morgan fingerprint density at radius 3 is 0.844 bits per heavy atom. The van der Waals surface area contributed by atoms with Crippen molar-refractivity contribution in [2.75, 3.05) is 0 Å². The molecule has 0 heterocycles. The fourth-order valence-corrected chi connectivity index (χ4v) is 13.2. The third-order valence-corrected chi connectivity index (χ3v) is 20.6. The number of hydrogen-bond donors (Lipinski definition) is 0. The first-order valence-corrected chi connectivity index (χ1v) is 35.1. The van der Waals surface area contributed by atoms with Gasteiger partial charge in [0, 0.05) is 0 Å². The Kier molecular flexibility index (Phi) is 18.3. The van der Waals surface area contributed by atoms with Crippen molar-refractivity contribution in [3.8, 4) is 0 Å².